The van der Waals surface area contributed by atoms with Crippen LogP contribution in [0, 0.1) is 5.92 Å². The van der Waals surface area contributed by atoms with Crippen molar-refractivity contribution < 1.29 is 28.6 Å². The first-order valence-corrected chi connectivity index (χ1v) is 7.44. The molecule has 0 amide bonds. The molecule has 0 aromatic heterocycles. The van der Waals surface area contributed by atoms with Gasteiger partial charge in [0.05, 0.1) is 12.3 Å². The highest BCUT2D eigenvalue weighted by Gasteiger charge is 2.42. The molecular formula is C17H19NO6. The Hall–Kier alpha value is -2.54. The standard InChI is InChI=1S/C17H19NO6/c1-17(2)23-15(20)13(16(21)24-17)10-18-12-6-4-11(5-7-12)14(19)8-9-22-3/h4-7,10,13H,8-9H2,1-3H3. The third-order valence-electron chi connectivity index (χ3n) is 3.30. The van der Waals surface area contributed by atoms with E-state index in [0.29, 0.717) is 24.3 Å². The van der Waals surface area contributed by atoms with Crippen molar-refractivity contribution in [3.05, 3.63) is 29.8 Å². The van der Waals surface area contributed by atoms with Crippen molar-refractivity contribution in [2.45, 2.75) is 26.1 Å². The van der Waals surface area contributed by atoms with Crippen molar-refractivity contribution in [3.63, 3.8) is 0 Å². The SMILES string of the molecule is COCCC(=O)c1ccc(N=CC2C(=O)OC(C)(C)OC2=O)cc1. The van der Waals surface area contributed by atoms with Crippen LogP contribution in [-0.4, -0.2) is 43.4 Å². The topological polar surface area (TPSA) is 91.3 Å². The van der Waals surface area contributed by atoms with E-state index in [1.807, 2.05) is 0 Å². The van der Waals surface area contributed by atoms with Gasteiger partial charge in [-0.05, 0) is 24.3 Å². The van der Waals surface area contributed by atoms with Crippen LogP contribution in [0.5, 0.6) is 0 Å². The Bertz CT molecular complexity index is 642. The molecular weight excluding hydrogens is 314 g/mol. The van der Waals surface area contributed by atoms with Gasteiger partial charge in [-0.2, -0.15) is 0 Å². The fourth-order valence-corrected chi connectivity index (χ4v) is 2.08. The highest BCUT2D eigenvalue weighted by Crippen LogP contribution is 2.23. The molecule has 1 aromatic carbocycles. The van der Waals surface area contributed by atoms with E-state index in [9.17, 15) is 14.4 Å². The second kappa shape index (κ2) is 7.35. The van der Waals surface area contributed by atoms with Gasteiger partial charge in [0, 0.05) is 39.2 Å². The van der Waals surface area contributed by atoms with Gasteiger partial charge in [0.1, 0.15) is 0 Å². The van der Waals surface area contributed by atoms with Crippen molar-refractivity contribution in [2.75, 3.05) is 13.7 Å². The molecule has 0 aliphatic carbocycles. The van der Waals surface area contributed by atoms with Gasteiger partial charge < -0.3 is 14.2 Å². The summed E-state index contributed by atoms with van der Waals surface area (Å²) in [5.41, 5.74) is 1.05. The zero-order chi connectivity index (χ0) is 17.7. The van der Waals surface area contributed by atoms with Gasteiger partial charge in [-0.3, -0.25) is 19.4 Å². The van der Waals surface area contributed by atoms with Crippen LogP contribution < -0.4 is 0 Å². The Kier molecular flexibility index (Phi) is 5.46. The summed E-state index contributed by atoms with van der Waals surface area (Å²) in [7, 11) is 1.54. The molecule has 1 heterocycles. The molecule has 0 spiro atoms. The Morgan fingerprint density at radius 1 is 1.21 bits per heavy atom. The predicted molar refractivity (Wildman–Crippen MR) is 85.2 cm³/mol. The number of cyclic esters (lactones) is 2. The number of hydrogen-bond donors (Lipinski definition) is 0. The van der Waals surface area contributed by atoms with E-state index in [1.54, 1.807) is 24.3 Å². The smallest absolute Gasteiger partial charge is 0.329 e. The van der Waals surface area contributed by atoms with Crippen molar-refractivity contribution in [1.29, 1.82) is 0 Å². The normalized spacial score (nSPS) is 17.6. The van der Waals surface area contributed by atoms with E-state index in [4.69, 9.17) is 14.2 Å². The third kappa shape index (κ3) is 4.48. The quantitative estimate of drug-likeness (QED) is 0.342. The number of carbonyl (C=O) groups excluding carboxylic acids is 3. The molecule has 0 saturated carbocycles. The van der Waals surface area contributed by atoms with Crippen LogP contribution in [0.3, 0.4) is 0 Å². The monoisotopic (exact) mass is 333 g/mol. The van der Waals surface area contributed by atoms with E-state index in [0.717, 1.165) is 0 Å². The summed E-state index contributed by atoms with van der Waals surface area (Å²) in [6, 6.07) is 6.51. The lowest BCUT2D eigenvalue weighted by atomic mass is 10.1. The van der Waals surface area contributed by atoms with Crippen LogP contribution in [0.2, 0.25) is 0 Å². The first-order valence-electron chi connectivity index (χ1n) is 7.44. The Labute approximate surface area is 139 Å². The van der Waals surface area contributed by atoms with Crippen LogP contribution >= 0.6 is 0 Å². The summed E-state index contributed by atoms with van der Waals surface area (Å²) >= 11 is 0. The first kappa shape index (κ1) is 17.8. The zero-order valence-corrected chi connectivity index (χ0v) is 13.8. The number of nitrogens with zero attached hydrogens (tertiary/aromatic N) is 1. The first-order chi connectivity index (χ1) is 11.3. The highest BCUT2D eigenvalue weighted by atomic mass is 16.7. The number of ether oxygens (including phenoxy) is 3. The van der Waals surface area contributed by atoms with Gasteiger partial charge in [0.15, 0.2) is 11.7 Å². The number of Topliss-reactive ketones (excluding diaryl/α,β-unsaturated/α-hetero) is 1. The summed E-state index contributed by atoms with van der Waals surface area (Å²) < 4.78 is 14.9. The molecule has 0 atom stereocenters. The number of esters is 2. The lowest BCUT2D eigenvalue weighted by Gasteiger charge is -2.31. The van der Waals surface area contributed by atoms with Crippen LogP contribution in [0.15, 0.2) is 29.3 Å². The number of benzene rings is 1. The molecule has 0 bridgehead atoms. The fraction of sp³-hybridized carbons (Fsp3) is 0.412. The molecule has 24 heavy (non-hydrogen) atoms. The van der Waals surface area contributed by atoms with Crippen molar-refractivity contribution >= 4 is 29.6 Å². The van der Waals surface area contributed by atoms with Gasteiger partial charge in [-0.15, -0.1) is 0 Å². The molecule has 0 N–H and O–H groups in total. The maximum Gasteiger partial charge on any atom is 0.329 e. The molecule has 128 valence electrons. The highest BCUT2D eigenvalue weighted by molar-refractivity contribution is 6.10. The van der Waals surface area contributed by atoms with E-state index < -0.39 is 23.6 Å². The van der Waals surface area contributed by atoms with Crippen LogP contribution in [-0.2, 0) is 23.8 Å². The molecule has 0 radical (unpaired) electrons. The fourth-order valence-electron chi connectivity index (χ4n) is 2.08. The minimum atomic E-state index is -1.26. The van der Waals surface area contributed by atoms with Gasteiger partial charge in [-0.1, -0.05) is 0 Å². The Balaban J connectivity index is 2.03. The van der Waals surface area contributed by atoms with E-state index in [1.165, 1.54) is 27.2 Å². The van der Waals surface area contributed by atoms with Gasteiger partial charge in [0.2, 0.25) is 0 Å². The number of methoxy groups -OCH3 is 1. The van der Waals surface area contributed by atoms with Gasteiger partial charge in [0.25, 0.3) is 5.79 Å². The molecule has 1 aliphatic heterocycles. The number of aliphatic imine (C=N–C) groups is 1. The number of rotatable bonds is 6. The van der Waals surface area contributed by atoms with Crippen molar-refractivity contribution in [2.24, 2.45) is 10.9 Å². The van der Waals surface area contributed by atoms with Crippen LogP contribution in [0.4, 0.5) is 5.69 Å². The zero-order valence-electron chi connectivity index (χ0n) is 13.8. The second-order valence-electron chi connectivity index (χ2n) is 5.71. The summed E-state index contributed by atoms with van der Waals surface area (Å²) in [6.45, 7) is 3.33. The number of hydrogen-bond acceptors (Lipinski definition) is 7. The summed E-state index contributed by atoms with van der Waals surface area (Å²) in [5, 5.41) is 0. The molecule has 2 rings (SSSR count). The third-order valence-corrected chi connectivity index (χ3v) is 3.30. The molecule has 0 unspecified atom stereocenters. The van der Waals surface area contributed by atoms with Crippen molar-refractivity contribution in [3.8, 4) is 0 Å². The summed E-state index contributed by atoms with van der Waals surface area (Å²) in [4.78, 5) is 39.5. The second-order valence-corrected chi connectivity index (χ2v) is 5.71. The van der Waals surface area contributed by atoms with Crippen LogP contribution in [0.1, 0.15) is 30.6 Å². The van der Waals surface area contributed by atoms with E-state index in [-0.39, 0.29) is 5.78 Å². The molecule has 1 fully saturated rings. The number of ketones is 1. The Morgan fingerprint density at radius 2 is 1.79 bits per heavy atom. The summed E-state index contributed by atoms with van der Waals surface area (Å²) in [5.74, 6) is -3.89. The minimum absolute atomic E-state index is 0.0333. The average Bonchev–Trinajstić information content (AvgIpc) is 2.51. The van der Waals surface area contributed by atoms with E-state index in [2.05, 4.69) is 4.99 Å². The van der Waals surface area contributed by atoms with E-state index >= 15 is 0 Å². The maximum absolute atomic E-state index is 11.8. The maximum atomic E-state index is 11.8. The van der Waals surface area contributed by atoms with Crippen LogP contribution in [0.25, 0.3) is 0 Å². The molecule has 1 saturated heterocycles. The molecule has 7 nitrogen and oxygen atoms in total. The molecule has 1 aliphatic rings. The predicted octanol–water partition coefficient (Wildman–Crippen LogP) is 2.06. The average molecular weight is 333 g/mol. The minimum Gasteiger partial charge on any atom is -0.422 e. The lowest BCUT2D eigenvalue weighted by Crippen LogP contribution is -2.46. The largest absolute Gasteiger partial charge is 0.422 e. The molecule has 1 aromatic rings. The Morgan fingerprint density at radius 3 is 2.33 bits per heavy atom. The van der Waals surface area contributed by atoms with Gasteiger partial charge >= 0.3 is 11.9 Å². The number of carbonyl (C=O) groups is 3. The summed E-state index contributed by atoms with van der Waals surface area (Å²) in [6.07, 6.45) is 1.48. The lowest BCUT2D eigenvalue weighted by molar-refractivity contribution is -0.235. The molecule has 7 heteroatoms. The van der Waals surface area contributed by atoms with Gasteiger partial charge in [-0.25, -0.2) is 0 Å². The van der Waals surface area contributed by atoms with Crippen molar-refractivity contribution in [1.82, 2.24) is 0 Å².